The molecular weight excluding hydrogens is 350 g/mol. The number of pyridine rings is 1. The molecule has 1 atom stereocenters. The highest BCUT2D eigenvalue weighted by molar-refractivity contribution is 5.28. The van der Waals surface area contributed by atoms with E-state index in [2.05, 4.69) is 77.4 Å². The number of hydrogen-bond acceptors (Lipinski definition) is 1. The van der Waals surface area contributed by atoms with Gasteiger partial charge in [0.15, 0.2) is 0 Å². The van der Waals surface area contributed by atoms with Crippen molar-refractivity contribution in [2.45, 2.75) is 89.5 Å². The van der Waals surface area contributed by atoms with Gasteiger partial charge in [-0.15, -0.1) is 0 Å². The quantitative estimate of drug-likeness (QED) is 0.437. The van der Waals surface area contributed by atoms with Gasteiger partial charge in [-0.2, -0.15) is 0 Å². The SMILES string of the molecule is C=C(C)C1CC1(C)C.CC.CC.Cc1ccc(C)c(C)c1.Cc1ccc(C)nc1. The zero-order valence-electron chi connectivity index (χ0n) is 21.4. The standard InChI is InChI=1S/C9H12.C8H14.C7H9N.2C2H6/c1-7-4-5-8(2)9(3)6-7;1-6(2)7-5-8(7,3)4;1-6-3-4-7(2)8-5-6;2*1-2/h4-6H,1-3H3;7H,1,5H2,2-4H3;3-5H,1-2H3;2*1-2H3. The molecule has 1 unspecified atom stereocenters. The molecule has 1 heteroatoms. The maximum atomic E-state index is 4.08. The van der Waals surface area contributed by atoms with Crippen molar-refractivity contribution in [3.63, 3.8) is 0 Å². The Balaban J connectivity index is 0. The average Bonchev–Trinajstić information content (AvgIpc) is 3.34. The summed E-state index contributed by atoms with van der Waals surface area (Å²) in [6, 6.07) is 10.6. The van der Waals surface area contributed by atoms with E-state index < -0.39 is 0 Å². The zero-order valence-corrected chi connectivity index (χ0v) is 21.4. The number of hydrogen-bond donors (Lipinski definition) is 0. The maximum Gasteiger partial charge on any atom is 0.0372 e. The van der Waals surface area contributed by atoms with Gasteiger partial charge in [-0.3, -0.25) is 4.98 Å². The highest BCUT2D eigenvalue weighted by atomic mass is 14.6. The van der Waals surface area contributed by atoms with E-state index >= 15 is 0 Å². The van der Waals surface area contributed by atoms with Crippen molar-refractivity contribution in [3.05, 3.63) is 76.6 Å². The van der Waals surface area contributed by atoms with Crippen LogP contribution >= 0.6 is 0 Å². The lowest BCUT2D eigenvalue weighted by Gasteiger charge is -1.99. The number of aromatic nitrogens is 1. The van der Waals surface area contributed by atoms with E-state index in [0.29, 0.717) is 5.41 Å². The third-order valence-electron chi connectivity index (χ3n) is 4.83. The van der Waals surface area contributed by atoms with E-state index in [0.717, 1.165) is 11.6 Å². The molecule has 1 aromatic heterocycles. The summed E-state index contributed by atoms with van der Waals surface area (Å²) in [4.78, 5) is 4.08. The molecule has 164 valence electrons. The van der Waals surface area contributed by atoms with Crippen LogP contribution in [-0.2, 0) is 0 Å². The summed E-state index contributed by atoms with van der Waals surface area (Å²) >= 11 is 0. The van der Waals surface area contributed by atoms with Gasteiger partial charge in [0.05, 0.1) is 0 Å². The van der Waals surface area contributed by atoms with Gasteiger partial charge in [0.25, 0.3) is 0 Å². The van der Waals surface area contributed by atoms with E-state index in [4.69, 9.17) is 0 Å². The Morgan fingerprint density at radius 3 is 1.59 bits per heavy atom. The van der Waals surface area contributed by atoms with Gasteiger partial charge in [0.1, 0.15) is 0 Å². The second-order valence-electron chi connectivity index (χ2n) is 8.16. The van der Waals surface area contributed by atoms with Gasteiger partial charge in [0, 0.05) is 11.9 Å². The minimum Gasteiger partial charge on any atom is -0.261 e. The number of rotatable bonds is 1. The van der Waals surface area contributed by atoms with E-state index in [1.165, 1.54) is 34.2 Å². The summed E-state index contributed by atoms with van der Waals surface area (Å²) in [5.74, 6) is 0.822. The van der Waals surface area contributed by atoms with Gasteiger partial charge in [-0.25, -0.2) is 0 Å². The maximum absolute atomic E-state index is 4.08. The first kappa shape index (κ1) is 29.3. The summed E-state index contributed by atoms with van der Waals surface area (Å²) in [6.07, 6.45) is 3.22. The van der Waals surface area contributed by atoms with Crippen molar-refractivity contribution in [2.24, 2.45) is 11.3 Å². The van der Waals surface area contributed by atoms with Crippen LogP contribution in [0.25, 0.3) is 0 Å². The molecule has 0 amide bonds. The lowest BCUT2D eigenvalue weighted by Crippen LogP contribution is -1.89. The van der Waals surface area contributed by atoms with Crippen molar-refractivity contribution < 1.29 is 0 Å². The fourth-order valence-corrected chi connectivity index (χ4v) is 2.74. The van der Waals surface area contributed by atoms with Crippen molar-refractivity contribution >= 4 is 0 Å². The van der Waals surface area contributed by atoms with Crippen molar-refractivity contribution in [1.82, 2.24) is 4.98 Å². The zero-order chi connectivity index (χ0) is 23.2. The van der Waals surface area contributed by atoms with Crippen LogP contribution in [0.1, 0.15) is 82.8 Å². The molecule has 1 aliphatic carbocycles. The van der Waals surface area contributed by atoms with Gasteiger partial charge < -0.3 is 0 Å². The minimum absolute atomic E-state index is 0.589. The molecule has 2 aromatic rings. The van der Waals surface area contributed by atoms with Crippen LogP contribution in [0.4, 0.5) is 0 Å². The summed E-state index contributed by atoms with van der Waals surface area (Å²) in [6.45, 7) is 29.0. The molecule has 0 saturated heterocycles. The Kier molecular flexibility index (Phi) is 15.2. The second-order valence-corrected chi connectivity index (χ2v) is 8.16. The first-order valence-corrected chi connectivity index (χ1v) is 11.1. The van der Waals surface area contributed by atoms with Gasteiger partial charge >= 0.3 is 0 Å². The Morgan fingerprint density at radius 1 is 0.862 bits per heavy atom. The normalized spacial score (nSPS) is 14.8. The molecule has 1 heterocycles. The summed E-state index contributed by atoms with van der Waals surface area (Å²) < 4.78 is 0. The fraction of sp³-hybridized carbons (Fsp3) is 0.536. The average molecular weight is 398 g/mol. The topological polar surface area (TPSA) is 12.9 Å². The molecule has 0 spiro atoms. The molecular formula is C28H47N. The Morgan fingerprint density at radius 2 is 1.34 bits per heavy atom. The molecule has 1 aliphatic rings. The van der Waals surface area contributed by atoms with Crippen LogP contribution in [0.2, 0.25) is 0 Å². The van der Waals surface area contributed by atoms with Crippen molar-refractivity contribution in [3.8, 4) is 0 Å². The van der Waals surface area contributed by atoms with Gasteiger partial charge in [-0.05, 0) is 82.1 Å². The lowest BCUT2D eigenvalue weighted by atomic mass is 10.1. The highest BCUT2D eigenvalue weighted by Crippen LogP contribution is 2.54. The fourth-order valence-electron chi connectivity index (χ4n) is 2.74. The predicted molar refractivity (Wildman–Crippen MR) is 134 cm³/mol. The monoisotopic (exact) mass is 397 g/mol. The van der Waals surface area contributed by atoms with Crippen LogP contribution < -0.4 is 0 Å². The van der Waals surface area contributed by atoms with Crippen molar-refractivity contribution in [2.75, 3.05) is 0 Å². The summed E-state index contributed by atoms with van der Waals surface area (Å²) in [5, 5.41) is 0. The molecule has 3 rings (SSSR count). The number of aryl methyl sites for hydroxylation is 5. The largest absolute Gasteiger partial charge is 0.261 e. The molecule has 29 heavy (non-hydrogen) atoms. The smallest absolute Gasteiger partial charge is 0.0372 e. The molecule has 1 nitrogen and oxygen atoms in total. The van der Waals surface area contributed by atoms with Crippen molar-refractivity contribution in [1.29, 1.82) is 0 Å². The minimum atomic E-state index is 0.589. The summed E-state index contributed by atoms with van der Waals surface area (Å²) in [7, 11) is 0. The van der Waals surface area contributed by atoms with E-state index in [-0.39, 0.29) is 0 Å². The molecule has 0 N–H and O–H groups in total. The summed E-state index contributed by atoms with van der Waals surface area (Å²) in [5.41, 5.74) is 8.35. The molecule has 1 fully saturated rings. The third kappa shape index (κ3) is 13.0. The molecule has 0 bridgehead atoms. The first-order chi connectivity index (χ1) is 13.5. The highest BCUT2D eigenvalue weighted by Gasteiger charge is 2.45. The third-order valence-corrected chi connectivity index (χ3v) is 4.83. The van der Waals surface area contributed by atoms with Crippen LogP contribution in [0.3, 0.4) is 0 Å². The van der Waals surface area contributed by atoms with Crippen LogP contribution in [0.5, 0.6) is 0 Å². The van der Waals surface area contributed by atoms with Crippen LogP contribution in [0, 0.1) is 46.0 Å². The van der Waals surface area contributed by atoms with E-state index in [1.807, 2.05) is 53.8 Å². The lowest BCUT2D eigenvalue weighted by molar-refractivity contribution is 0.598. The number of nitrogens with zero attached hydrogens (tertiary/aromatic N) is 1. The Labute approximate surface area is 182 Å². The number of benzene rings is 1. The Bertz CT molecular complexity index is 672. The molecule has 1 aromatic carbocycles. The first-order valence-electron chi connectivity index (χ1n) is 11.1. The van der Waals surface area contributed by atoms with E-state index in [1.54, 1.807) is 0 Å². The van der Waals surface area contributed by atoms with Gasteiger partial charge in [-0.1, -0.05) is 83.5 Å². The molecule has 1 saturated carbocycles. The second kappa shape index (κ2) is 15.0. The number of allylic oxidation sites excluding steroid dienone is 1. The Hall–Kier alpha value is -1.89. The molecule has 0 radical (unpaired) electrons. The van der Waals surface area contributed by atoms with Gasteiger partial charge in [0.2, 0.25) is 0 Å². The van der Waals surface area contributed by atoms with Crippen LogP contribution in [0.15, 0.2) is 48.7 Å². The van der Waals surface area contributed by atoms with E-state index in [9.17, 15) is 0 Å². The molecule has 0 aliphatic heterocycles. The van der Waals surface area contributed by atoms with Crippen LogP contribution in [-0.4, -0.2) is 4.98 Å². The predicted octanol–water partition coefficient (Wildman–Crippen LogP) is 8.97.